The number of allylic oxidation sites excluding steroid dienone is 1. The fraction of sp³-hybridized carbons (Fsp3) is 0.333. The van der Waals surface area contributed by atoms with Gasteiger partial charge < -0.3 is 19.8 Å². The molecule has 1 fully saturated rings. The SMILES string of the molecule is CCCN1CC(Cc2ccc([C@]3(C)Oc4cc(O)ccc4C(C)=C3c3ccc(O)cc3)cc2F)C1. The molecule has 2 heterocycles. The molecule has 182 valence electrons. The van der Waals surface area contributed by atoms with Crippen LogP contribution in [0.5, 0.6) is 17.2 Å². The molecule has 3 aromatic carbocycles. The second-order valence-corrected chi connectivity index (χ2v) is 10.00. The molecule has 0 amide bonds. The van der Waals surface area contributed by atoms with E-state index in [-0.39, 0.29) is 17.3 Å². The summed E-state index contributed by atoms with van der Waals surface area (Å²) < 4.78 is 22.0. The first-order valence-electron chi connectivity index (χ1n) is 12.3. The lowest BCUT2D eigenvalue weighted by atomic mass is 9.77. The van der Waals surface area contributed by atoms with Gasteiger partial charge in [0, 0.05) is 35.9 Å². The van der Waals surface area contributed by atoms with Gasteiger partial charge in [-0.25, -0.2) is 4.39 Å². The van der Waals surface area contributed by atoms with Gasteiger partial charge in [-0.2, -0.15) is 0 Å². The Balaban J connectivity index is 1.53. The summed E-state index contributed by atoms with van der Waals surface area (Å²) in [6, 6.07) is 17.5. The molecule has 5 rings (SSSR count). The van der Waals surface area contributed by atoms with Crippen LogP contribution in [0.15, 0.2) is 60.7 Å². The number of aromatic hydroxyl groups is 2. The third kappa shape index (κ3) is 4.30. The Bertz CT molecular complexity index is 1280. The van der Waals surface area contributed by atoms with E-state index in [4.69, 9.17) is 4.74 Å². The predicted molar refractivity (Wildman–Crippen MR) is 137 cm³/mol. The maximum atomic E-state index is 15.4. The minimum atomic E-state index is -0.990. The molecule has 2 N–H and O–H groups in total. The lowest BCUT2D eigenvalue weighted by Crippen LogP contribution is -2.47. The Kier molecular flexibility index (Phi) is 6.06. The summed E-state index contributed by atoms with van der Waals surface area (Å²) in [5.74, 6) is 1.13. The van der Waals surface area contributed by atoms with E-state index in [9.17, 15) is 10.2 Å². The molecule has 2 aliphatic rings. The second-order valence-electron chi connectivity index (χ2n) is 10.00. The normalized spacial score (nSPS) is 20.3. The van der Waals surface area contributed by atoms with E-state index < -0.39 is 5.60 Å². The lowest BCUT2D eigenvalue weighted by molar-refractivity contribution is 0.100. The zero-order valence-corrected chi connectivity index (χ0v) is 20.5. The van der Waals surface area contributed by atoms with Crippen molar-refractivity contribution >= 4 is 11.1 Å². The highest BCUT2D eigenvalue weighted by Crippen LogP contribution is 2.51. The van der Waals surface area contributed by atoms with Crippen molar-refractivity contribution in [2.24, 2.45) is 5.92 Å². The zero-order valence-electron chi connectivity index (χ0n) is 20.5. The van der Waals surface area contributed by atoms with Crippen molar-refractivity contribution < 1.29 is 19.3 Å². The molecule has 0 aliphatic carbocycles. The number of rotatable bonds is 6. The Hall–Kier alpha value is -3.31. The second kappa shape index (κ2) is 9.04. The van der Waals surface area contributed by atoms with Gasteiger partial charge in [0.1, 0.15) is 23.1 Å². The molecule has 0 aromatic heterocycles. The third-order valence-corrected chi connectivity index (χ3v) is 7.38. The summed E-state index contributed by atoms with van der Waals surface area (Å²) >= 11 is 0. The van der Waals surface area contributed by atoms with Crippen molar-refractivity contribution in [3.8, 4) is 17.2 Å². The average Bonchev–Trinajstić information content (AvgIpc) is 2.79. The highest BCUT2D eigenvalue weighted by atomic mass is 19.1. The van der Waals surface area contributed by atoms with Crippen LogP contribution < -0.4 is 4.74 Å². The van der Waals surface area contributed by atoms with Gasteiger partial charge in [-0.15, -0.1) is 0 Å². The van der Waals surface area contributed by atoms with Crippen LogP contribution in [0.1, 0.15) is 49.4 Å². The average molecular weight is 474 g/mol. The van der Waals surface area contributed by atoms with Gasteiger partial charge in [-0.05, 0) is 86.2 Å². The van der Waals surface area contributed by atoms with Crippen molar-refractivity contribution in [3.05, 3.63) is 88.7 Å². The van der Waals surface area contributed by atoms with E-state index in [2.05, 4.69) is 11.8 Å². The van der Waals surface area contributed by atoms with Crippen LogP contribution >= 0.6 is 0 Å². The molecular weight excluding hydrogens is 441 g/mol. The molecule has 2 aliphatic heterocycles. The smallest absolute Gasteiger partial charge is 0.157 e. The highest BCUT2D eigenvalue weighted by molar-refractivity contribution is 5.97. The van der Waals surface area contributed by atoms with Crippen LogP contribution in [0, 0.1) is 11.7 Å². The van der Waals surface area contributed by atoms with Crippen LogP contribution in [-0.4, -0.2) is 34.7 Å². The van der Waals surface area contributed by atoms with Crippen molar-refractivity contribution in [3.63, 3.8) is 0 Å². The summed E-state index contributed by atoms with van der Waals surface area (Å²) in [4.78, 5) is 2.41. The quantitative estimate of drug-likeness (QED) is 0.437. The predicted octanol–water partition coefficient (Wildman–Crippen LogP) is 6.36. The van der Waals surface area contributed by atoms with Crippen molar-refractivity contribution in [2.45, 2.75) is 39.2 Å². The van der Waals surface area contributed by atoms with Crippen LogP contribution in [0.25, 0.3) is 11.1 Å². The van der Waals surface area contributed by atoms with E-state index >= 15 is 4.39 Å². The van der Waals surface area contributed by atoms with E-state index in [1.54, 1.807) is 30.3 Å². The van der Waals surface area contributed by atoms with Gasteiger partial charge in [0.05, 0.1) is 0 Å². The minimum Gasteiger partial charge on any atom is -0.508 e. The Morgan fingerprint density at radius 3 is 2.40 bits per heavy atom. The van der Waals surface area contributed by atoms with Crippen molar-refractivity contribution in [2.75, 3.05) is 19.6 Å². The van der Waals surface area contributed by atoms with Crippen LogP contribution in [-0.2, 0) is 12.0 Å². The number of benzene rings is 3. The first-order valence-corrected chi connectivity index (χ1v) is 12.3. The molecule has 1 saturated heterocycles. The molecule has 0 bridgehead atoms. The number of ether oxygens (including phenoxy) is 1. The Morgan fingerprint density at radius 1 is 1.00 bits per heavy atom. The van der Waals surface area contributed by atoms with E-state index in [1.807, 2.05) is 44.2 Å². The van der Waals surface area contributed by atoms with Crippen LogP contribution in [0.2, 0.25) is 0 Å². The number of phenolic OH excluding ortho intramolecular Hbond substituents is 2. The molecule has 3 aromatic rings. The van der Waals surface area contributed by atoms with Gasteiger partial charge in [-0.3, -0.25) is 0 Å². The first kappa shape index (κ1) is 23.4. The molecular formula is C30H32FNO3. The molecule has 4 nitrogen and oxygen atoms in total. The largest absolute Gasteiger partial charge is 0.508 e. The van der Waals surface area contributed by atoms with E-state index in [0.29, 0.717) is 17.2 Å². The number of hydrogen-bond donors (Lipinski definition) is 2. The van der Waals surface area contributed by atoms with E-state index in [0.717, 1.165) is 60.3 Å². The molecule has 1 atom stereocenters. The van der Waals surface area contributed by atoms with Gasteiger partial charge in [-0.1, -0.05) is 31.2 Å². The fourth-order valence-corrected chi connectivity index (χ4v) is 5.62. The molecule has 35 heavy (non-hydrogen) atoms. The number of hydrogen-bond acceptors (Lipinski definition) is 4. The van der Waals surface area contributed by atoms with Crippen LogP contribution in [0.3, 0.4) is 0 Å². The highest BCUT2D eigenvalue weighted by Gasteiger charge is 2.41. The first-order chi connectivity index (χ1) is 16.8. The Morgan fingerprint density at radius 2 is 1.71 bits per heavy atom. The van der Waals surface area contributed by atoms with Crippen molar-refractivity contribution in [1.82, 2.24) is 4.90 Å². The van der Waals surface area contributed by atoms with Gasteiger partial charge >= 0.3 is 0 Å². The maximum absolute atomic E-state index is 15.4. The van der Waals surface area contributed by atoms with Gasteiger partial charge in [0.25, 0.3) is 0 Å². The zero-order chi connectivity index (χ0) is 24.7. The molecule has 0 saturated carbocycles. The van der Waals surface area contributed by atoms with Crippen LogP contribution in [0.4, 0.5) is 4.39 Å². The molecule has 0 radical (unpaired) electrons. The third-order valence-electron chi connectivity index (χ3n) is 7.38. The molecule has 0 spiro atoms. The minimum absolute atomic E-state index is 0.117. The monoisotopic (exact) mass is 473 g/mol. The van der Waals surface area contributed by atoms with Crippen molar-refractivity contribution in [1.29, 1.82) is 0 Å². The number of nitrogens with zero attached hydrogens (tertiary/aromatic N) is 1. The summed E-state index contributed by atoms with van der Waals surface area (Å²) in [6.45, 7) is 9.31. The number of likely N-dealkylation sites (tertiary alicyclic amines) is 1. The summed E-state index contributed by atoms with van der Waals surface area (Å²) in [7, 11) is 0. The summed E-state index contributed by atoms with van der Waals surface area (Å²) in [5.41, 5.74) is 4.09. The standard InChI is InChI=1S/C30H32FNO3/c1-4-13-32-17-20(18-32)14-22-5-8-23(15-27(22)31)30(3)29(21-6-9-24(33)10-7-21)19(2)26-12-11-25(34)16-28(26)35-30/h5-12,15-16,20,33-34H,4,13-14,17-18H2,1-3H3/t30-/m0/s1. The van der Waals surface area contributed by atoms with Gasteiger partial charge in [0.15, 0.2) is 5.60 Å². The summed E-state index contributed by atoms with van der Waals surface area (Å²) in [6.07, 6.45) is 1.88. The summed E-state index contributed by atoms with van der Waals surface area (Å²) in [5, 5.41) is 19.9. The number of phenols is 2. The topological polar surface area (TPSA) is 52.9 Å². The molecule has 5 heteroatoms. The lowest BCUT2D eigenvalue weighted by Gasteiger charge is -2.40. The maximum Gasteiger partial charge on any atom is 0.157 e. The van der Waals surface area contributed by atoms with E-state index in [1.165, 1.54) is 0 Å². The van der Waals surface area contributed by atoms with Gasteiger partial charge in [0.2, 0.25) is 0 Å². The fourth-order valence-electron chi connectivity index (χ4n) is 5.62. The number of fused-ring (bicyclic) bond motifs is 1. The molecule has 0 unspecified atom stereocenters. The number of halogens is 1. The Labute approximate surface area is 206 Å².